The lowest BCUT2D eigenvalue weighted by Crippen LogP contribution is -2.06. The molecule has 1 atom stereocenters. The monoisotopic (exact) mass is 246 g/mol. The van der Waals surface area contributed by atoms with Crippen LogP contribution < -0.4 is 0 Å². The average molecular weight is 247 g/mol. The van der Waals surface area contributed by atoms with E-state index in [1.165, 1.54) is 24.3 Å². The maximum Gasteiger partial charge on any atom is 0.254 e. The molecule has 1 rings (SSSR count). The highest BCUT2D eigenvalue weighted by molar-refractivity contribution is 6.64. The fourth-order valence-electron chi connectivity index (χ4n) is 1.06. The minimum Gasteiger partial charge on any atom is -0.379 e. The molecular formula is C10H8Cl2O3. The van der Waals surface area contributed by atoms with Gasteiger partial charge in [0, 0.05) is 5.56 Å². The number of rotatable bonds is 4. The summed E-state index contributed by atoms with van der Waals surface area (Å²) in [6.45, 7) is 0. The summed E-state index contributed by atoms with van der Waals surface area (Å²) >= 11 is 10.5. The second-order valence-electron chi connectivity index (χ2n) is 2.89. The number of ketones is 1. The van der Waals surface area contributed by atoms with Gasteiger partial charge >= 0.3 is 0 Å². The summed E-state index contributed by atoms with van der Waals surface area (Å²) in [7, 11) is 0. The Morgan fingerprint density at radius 1 is 1.27 bits per heavy atom. The van der Waals surface area contributed by atoms with Gasteiger partial charge in [-0.25, -0.2) is 0 Å². The summed E-state index contributed by atoms with van der Waals surface area (Å²) in [5, 5.41) is 8.44. The van der Waals surface area contributed by atoms with Gasteiger partial charge < -0.3 is 5.11 Å². The number of aliphatic hydroxyl groups excluding tert-OH is 1. The number of alkyl halides is 1. The number of hydrogen-bond donors (Lipinski definition) is 1. The van der Waals surface area contributed by atoms with Crippen LogP contribution in [-0.2, 0) is 4.79 Å². The first-order valence-corrected chi connectivity index (χ1v) is 5.04. The van der Waals surface area contributed by atoms with Gasteiger partial charge in [0.2, 0.25) is 0 Å². The van der Waals surface area contributed by atoms with Crippen molar-refractivity contribution in [3.05, 3.63) is 35.4 Å². The highest BCUT2D eigenvalue weighted by Gasteiger charge is 2.14. The van der Waals surface area contributed by atoms with Crippen molar-refractivity contribution >= 4 is 34.2 Å². The SMILES string of the molecule is O=C(CCl)c1ccc(C(O)C(=O)Cl)cc1. The molecule has 80 valence electrons. The molecule has 0 fully saturated rings. The number of halogens is 2. The molecule has 1 unspecified atom stereocenters. The van der Waals surface area contributed by atoms with Crippen LogP contribution in [0.5, 0.6) is 0 Å². The number of carbonyl (C=O) groups excluding carboxylic acids is 2. The fourth-order valence-corrected chi connectivity index (χ4v) is 1.34. The standard InChI is InChI=1S/C10H8Cl2O3/c11-5-8(13)6-1-3-7(4-2-6)9(14)10(12)15/h1-4,9,14H,5H2. The van der Waals surface area contributed by atoms with Crippen molar-refractivity contribution in [2.75, 3.05) is 5.88 Å². The fraction of sp³-hybridized carbons (Fsp3) is 0.200. The molecule has 5 heteroatoms. The number of Topliss-reactive ketones (excluding diaryl/α,β-unsaturated/α-hetero) is 1. The second-order valence-corrected chi connectivity index (χ2v) is 3.53. The first-order valence-electron chi connectivity index (χ1n) is 4.12. The Labute approximate surface area is 96.6 Å². The van der Waals surface area contributed by atoms with Gasteiger partial charge in [-0.15, -0.1) is 11.6 Å². The Hall–Kier alpha value is -0.900. The van der Waals surface area contributed by atoms with Crippen molar-refractivity contribution in [3.8, 4) is 0 Å². The van der Waals surface area contributed by atoms with Crippen molar-refractivity contribution in [2.45, 2.75) is 6.10 Å². The maximum atomic E-state index is 11.1. The second kappa shape index (κ2) is 5.26. The molecule has 15 heavy (non-hydrogen) atoms. The summed E-state index contributed by atoms with van der Waals surface area (Å²) in [5.41, 5.74) is 0.782. The predicted molar refractivity (Wildman–Crippen MR) is 57.3 cm³/mol. The van der Waals surface area contributed by atoms with Gasteiger partial charge in [0.05, 0.1) is 5.88 Å². The molecule has 3 nitrogen and oxygen atoms in total. The number of benzene rings is 1. The highest BCUT2D eigenvalue weighted by atomic mass is 35.5. The molecular weight excluding hydrogens is 239 g/mol. The van der Waals surface area contributed by atoms with Crippen LogP contribution in [-0.4, -0.2) is 22.0 Å². The Bertz CT molecular complexity index is 373. The van der Waals surface area contributed by atoms with E-state index in [0.29, 0.717) is 11.1 Å². The van der Waals surface area contributed by atoms with E-state index in [4.69, 9.17) is 23.2 Å². The predicted octanol–water partition coefficient (Wildman–Crippen LogP) is 1.91. The molecule has 1 aromatic rings. The van der Waals surface area contributed by atoms with Crippen LogP contribution >= 0.6 is 23.2 Å². The maximum absolute atomic E-state index is 11.1. The minimum atomic E-state index is -1.35. The molecule has 0 heterocycles. The molecule has 0 aromatic heterocycles. The third kappa shape index (κ3) is 3.02. The largest absolute Gasteiger partial charge is 0.379 e. The highest BCUT2D eigenvalue weighted by Crippen LogP contribution is 2.16. The van der Waals surface area contributed by atoms with Crippen LogP contribution in [0.4, 0.5) is 0 Å². The summed E-state index contributed by atoms with van der Waals surface area (Å²) < 4.78 is 0. The van der Waals surface area contributed by atoms with E-state index in [2.05, 4.69) is 0 Å². The Kier molecular flexibility index (Phi) is 4.27. The van der Waals surface area contributed by atoms with Crippen molar-refractivity contribution in [3.63, 3.8) is 0 Å². The minimum absolute atomic E-state index is 0.101. The summed E-state index contributed by atoms with van der Waals surface area (Å²) in [6.07, 6.45) is -1.35. The third-order valence-electron chi connectivity index (χ3n) is 1.88. The van der Waals surface area contributed by atoms with Crippen LogP contribution in [0, 0.1) is 0 Å². The quantitative estimate of drug-likeness (QED) is 0.502. The summed E-state index contributed by atoms with van der Waals surface area (Å²) in [6, 6.07) is 5.90. The van der Waals surface area contributed by atoms with Crippen molar-refractivity contribution in [1.29, 1.82) is 0 Å². The van der Waals surface area contributed by atoms with Crippen LogP contribution in [0.15, 0.2) is 24.3 Å². The van der Waals surface area contributed by atoms with Crippen LogP contribution in [0.2, 0.25) is 0 Å². The first kappa shape index (κ1) is 12.2. The lowest BCUT2D eigenvalue weighted by atomic mass is 10.1. The Balaban J connectivity index is 2.90. The van der Waals surface area contributed by atoms with Crippen LogP contribution in [0.3, 0.4) is 0 Å². The Morgan fingerprint density at radius 3 is 2.20 bits per heavy atom. The molecule has 1 aromatic carbocycles. The van der Waals surface area contributed by atoms with E-state index >= 15 is 0 Å². The van der Waals surface area contributed by atoms with E-state index in [0.717, 1.165) is 0 Å². The van der Waals surface area contributed by atoms with Crippen LogP contribution in [0.25, 0.3) is 0 Å². The van der Waals surface area contributed by atoms with Crippen molar-refractivity contribution in [2.24, 2.45) is 0 Å². The third-order valence-corrected chi connectivity index (χ3v) is 2.33. The smallest absolute Gasteiger partial charge is 0.254 e. The lowest BCUT2D eigenvalue weighted by Gasteiger charge is -2.05. The van der Waals surface area contributed by atoms with Gasteiger partial charge in [-0.3, -0.25) is 9.59 Å². The van der Waals surface area contributed by atoms with E-state index < -0.39 is 11.3 Å². The Morgan fingerprint density at radius 2 is 1.80 bits per heavy atom. The van der Waals surface area contributed by atoms with Gasteiger partial charge in [-0.1, -0.05) is 24.3 Å². The topological polar surface area (TPSA) is 54.4 Å². The number of carbonyl (C=O) groups is 2. The zero-order chi connectivity index (χ0) is 11.4. The van der Waals surface area contributed by atoms with Crippen LogP contribution in [0.1, 0.15) is 22.0 Å². The normalized spacial score (nSPS) is 12.2. The molecule has 0 amide bonds. The van der Waals surface area contributed by atoms with Gasteiger partial charge in [0.1, 0.15) is 0 Å². The number of hydrogen-bond acceptors (Lipinski definition) is 3. The van der Waals surface area contributed by atoms with E-state index in [-0.39, 0.29) is 11.7 Å². The molecule has 0 bridgehead atoms. The molecule has 0 aliphatic heterocycles. The zero-order valence-electron chi connectivity index (χ0n) is 7.61. The van der Waals surface area contributed by atoms with Gasteiger partial charge in [0.25, 0.3) is 5.24 Å². The van der Waals surface area contributed by atoms with Crippen molar-refractivity contribution < 1.29 is 14.7 Å². The van der Waals surface area contributed by atoms with Crippen molar-refractivity contribution in [1.82, 2.24) is 0 Å². The summed E-state index contributed by atoms with van der Waals surface area (Å²) in [4.78, 5) is 21.8. The van der Waals surface area contributed by atoms with E-state index in [1.54, 1.807) is 0 Å². The molecule has 0 aliphatic carbocycles. The van der Waals surface area contributed by atoms with Gasteiger partial charge in [0.15, 0.2) is 11.9 Å². The first-order chi connectivity index (χ1) is 7.06. The van der Waals surface area contributed by atoms with Gasteiger partial charge in [-0.2, -0.15) is 0 Å². The molecule has 0 aliphatic rings. The van der Waals surface area contributed by atoms with E-state index in [1.807, 2.05) is 0 Å². The molecule has 0 spiro atoms. The molecule has 1 N–H and O–H groups in total. The lowest BCUT2D eigenvalue weighted by molar-refractivity contribution is -0.119. The molecule has 0 radical (unpaired) electrons. The van der Waals surface area contributed by atoms with E-state index in [9.17, 15) is 14.7 Å². The van der Waals surface area contributed by atoms with Gasteiger partial charge in [-0.05, 0) is 17.2 Å². The summed E-state index contributed by atoms with van der Waals surface area (Å²) in [5.74, 6) is -0.314. The average Bonchev–Trinajstić information content (AvgIpc) is 2.27. The molecule has 0 saturated heterocycles. The molecule has 0 saturated carbocycles. The zero-order valence-corrected chi connectivity index (χ0v) is 9.13. The number of aliphatic hydroxyl groups is 1.